The number of benzene rings is 2. The quantitative estimate of drug-likeness (QED) is 0.631. The van der Waals surface area contributed by atoms with Crippen LogP contribution in [0.4, 0.5) is 5.69 Å². The molecule has 186 valence electrons. The summed E-state index contributed by atoms with van der Waals surface area (Å²) in [6.07, 6.45) is 0.909. The van der Waals surface area contributed by atoms with Crippen LogP contribution in [0.15, 0.2) is 47.5 Å². The van der Waals surface area contributed by atoms with Gasteiger partial charge in [-0.1, -0.05) is 24.3 Å². The molecule has 35 heavy (non-hydrogen) atoms. The molecule has 0 radical (unpaired) electrons. The maximum Gasteiger partial charge on any atom is 0.253 e. The summed E-state index contributed by atoms with van der Waals surface area (Å²) in [5, 5.41) is 12.5. The summed E-state index contributed by atoms with van der Waals surface area (Å²) in [6, 6.07) is 12.1. The van der Waals surface area contributed by atoms with Gasteiger partial charge in [0, 0.05) is 38.3 Å². The Morgan fingerprint density at radius 2 is 1.89 bits per heavy atom. The van der Waals surface area contributed by atoms with Crippen LogP contribution < -0.4 is 10.2 Å². The highest BCUT2D eigenvalue weighted by molar-refractivity contribution is 7.89. The van der Waals surface area contributed by atoms with Crippen molar-refractivity contribution in [2.45, 2.75) is 38.6 Å². The minimum atomic E-state index is -3.54. The third-order valence-corrected chi connectivity index (χ3v) is 8.80. The zero-order chi connectivity index (χ0) is 25.4. The van der Waals surface area contributed by atoms with E-state index in [2.05, 4.69) is 10.3 Å². The van der Waals surface area contributed by atoms with E-state index < -0.39 is 15.6 Å². The molecule has 2 amide bonds. The Kier molecular flexibility index (Phi) is 6.70. The zero-order valence-electron chi connectivity index (χ0n) is 20.1. The fourth-order valence-electron chi connectivity index (χ4n) is 4.62. The fraction of sp³-hybridized carbons (Fsp3) is 0.400. The Hall–Kier alpha value is -3.24. The monoisotopic (exact) mass is 498 g/mol. The van der Waals surface area contributed by atoms with Crippen molar-refractivity contribution in [3.05, 3.63) is 59.2 Å². The average molecular weight is 499 g/mol. The Balaban J connectivity index is 1.43. The minimum Gasteiger partial charge on any atom is -0.508 e. The number of aromatic hydroxyl groups is 1. The van der Waals surface area contributed by atoms with Gasteiger partial charge in [-0.2, -0.15) is 0 Å². The molecular formula is C25H30N4O5S. The van der Waals surface area contributed by atoms with Gasteiger partial charge in [0.1, 0.15) is 17.1 Å². The molecule has 2 aliphatic heterocycles. The van der Waals surface area contributed by atoms with Gasteiger partial charge in [-0.05, 0) is 55.5 Å². The molecule has 0 aliphatic carbocycles. The van der Waals surface area contributed by atoms with Crippen molar-refractivity contribution in [3.63, 3.8) is 0 Å². The van der Waals surface area contributed by atoms with Crippen LogP contribution in [-0.2, 0) is 26.0 Å². The van der Waals surface area contributed by atoms with Crippen molar-refractivity contribution in [2.75, 3.05) is 30.8 Å². The summed E-state index contributed by atoms with van der Waals surface area (Å²) in [5.41, 5.74) is 2.14. The van der Waals surface area contributed by atoms with E-state index in [1.54, 1.807) is 30.1 Å². The summed E-state index contributed by atoms with van der Waals surface area (Å²) in [4.78, 5) is 30.7. The predicted molar refractivity (Wildman–Crippen MR) is 134 cm³/mol. The van der Waals surface area contributed by atoms with Crippen LogP contribution in [0.5, 0.6) is 5.75 Å². The van der Waals surface area contributed by atoms with Gasteiger partial charge >= 0.3 is 0 Å². The highest BCUT2D eigenvalue weighted by atomic mass is 32.2. The number of carbonyl (C=O) groups is 2. The molecule has 0 unspecified atom stereocenters. The number of aryl methyl sites for hydroxylation is 1. The highest BCUT2D eigenvalue weighted by Gasteiger charge is 2.47. The number of aliphatic imine (C=N–C) groups is 1. The average Bonchev–Trinajstić information content (AvgIpc) is 3.13. The van der Waals surface area contributed by atoms with E-state index in [-0.39, 0.29) is 49.2 Å². The van der Waals surface area contributed by atoms with Gasteiger partial charge < -0.3 is 15.3 Å². The van der Waals surface area contributed by atoms with Gasteiger partial charge in [0.2, 0.25) is 15.9 Å². The summed E-state index contributed by atoms with van der Waals surface area (Å²) in [6.45, 7) is 3.79. The van der Waals surface area contributed by atoms with E-state index in [4.69, 9.17) is 0 Å². The maximum absolute atomic E-state index is 13.1. The van der Waals surface area contributed by atoms with E-state index in [9.17, 15) is 23.1 Å². The lowest BCUT2D eigenvalue weighted by Gasteiger charge is -2.34. The van der Waals surface area contributed by atoms with Crippen molar-refractivity contribution in [1.82, 2.24) is 9.62 Å². The van der Waals surface area contributed by atoms with Crippen molar-refractivity contribution in [2.24, 2.45) is 4.99 Å². The molecule has 2 N–H and O–H groups in total. The van der Waals surface area contributed by atoms with Crippen LogP contribution in [0.2, 0.25) is 0 Å². The van der Waals surface area contributed by atoms with Crippen LogP contribution in [0, 0.1) is 6.92 Å². The highest BCUT2D eigenvalue weighted by Crippen LogP contribution is 2.33. The SMILES string of the molecule is CC(=O)N(C)c1cccc(CCS(=O)(=O)N2CCC3(CC2)N=C(c2cccc(O)c2)NC3=O)c1C. The molecule has 4 rings (SSSR count). The first kappa shape index (κ1) is 24.9. The Morgan fingerprint density at radius 3 is 2.54 bits per heavy atom. The fourth-order valence-corrected chi connectivity index (χ4v) is 6.10. The number of amidine groups is 1. The lowest BCUT2D eigenvalue weighted by molar-refractivity contribution is -0.125. The first-order chi connectivity index (χ1) is 16.5. The third kappa shape index (κ3) is 4.94. The van der Waals surface area contributed by atoms with Crippen LogP contribution in [-0.4, -0.2) is 66.9 Å². The van der Waals surface area contributed by atoms with Crippen LogP contribution in [0.25, 0.3) is 0 Å². The van der Waals surface area contributed by atoms with Crippen LogP contribution in [0.1, 0.15) is 36.5 Å². The molecule has 2 aliphatic rings. The molecule has 0 atom stereocenters. The number of nitrogens with zero attached hydrogens (tertiary/aromatic N) is 3. The summed E-state index contributed by atoms with van der Waals surface area (Å²) >= 11 is 0. The number of hydrogen-bond donors (Lipinski definition) is 2. The largest absolute Gasteiger partial charge is 0.508 e. The molecule has 10 heteroatoms. The standard InChI is InChI=1S/C25H30N4O5S/c1-17-19(6-5-9-22(17)28(3)18(2)30)10-15-35(33,34)29-13-11-25(12-14-29)24(32)26-23(27-25)20-7-4-8-21(31)16-20/h4-9,16,31H,10-15H2,1-3H3,(H,26,27,32). The van der Waals surface area contributed by atoms with Crippen molar-refractivity contribution < 1.29 is 23.1 Å². The first-order valence-electron chi connectivity index (χ1n) is 11.5. The summed E-state index contributed by atoms with van der Waals surface area (Å²) in [7, 11) is -1.85. The Morgan fingerprint density at radius 1 is 1.20 bits per heavy atom. The second kappa shape index (κ2) is 9.43. The van der Waals surface area contributed by atoms with E-state index in [1.165, 1.54) is 17.3 Å². The molecule has 2 heterocycles. The number of piperidine rings is 1. The summed E-state index contributed by atoms with van der Waals surface area (Å²) in [5.74, 6) is 0.0851. The Labute approximate surface area is 205 Å². The van der Waals surface area contributed by atoms with E-state index in [1.807, 2.05) is 25.1 Å². The molecule has 2 aromatic carbocycles. The number of carbonyl (C=O) groups excluding carboxylic acids is 2. The maximum atomic E-state index is 13.1. The lowest BCUT2D eigenvalue weighted by Crippen LogP contribution is -2.50. The van der Waals surface area contributed by atoms with Gasteiger partial charge in [-0.15, -0.1) is 0 Å². The molecule has 9 nitrogen and oxygen atoms in total. The lowest BCUT2D eigenvalue weighted by atomic mass is 9.89. The van der Waals surface area contributed by atoms with Gasteiger partial charge in [0.05, 0.1) is 5.75 Å². The predicted octanol–water partition coefficient (Wildman–Crippen LogP) is 1.97. The third-order valence-electron chi connectivity index (χ3n) is 6.92. The van der Waals surface area contributed by atoms with Crippen molar-refractivity contribution in [3.8, 4) is 5.75 Å². The minimum absolute atomic E-state index is 0.0575. The van der Waals surface area contributed by atoms with Crippen molar-refractivity contribution in [1.29, 1.82) is 0 Å². The molecule has 0 saturated carbocycles. The summed E-state index contributed by atoms with van der Waals surface area (Å²) < 4.78 is 27.6. The van der Waals surface area contributed by atoms with Crippen molar-refractivity contribution >= 4 is 33.4 Å². The molecule has 1 fully saturated rings. The van der Waals surface area contributed by atoms with E-state index >= 15 is 0 Å². The van der Waals surface area contributed by atoms with Crippen LogP contribution in [0.3, 0.4) is 0 Å². The van der Waals surface area contributed by atoms with Crippen LogP contribution >= 0.6 is 0 Å². The first-order valence-corrected chi connectivity index (χ1v) is 13.1. The van der Waals surface area contributed by atoms with E-state index in [0.717, 1.165) is 16.8 Å². The number of sulfonamides is 1. The zero-order valence-corrected chi connectivity index (χ0v) is 20.9. The number of nitrogens with one attached hydrogen (secondary N) is 1. The molecule has 1 spiro atoms. The number of anilines is 1. The number of phenolic OH excluding ortho intramolecular Hbond substituents is 1. The van der Waals surface area contributed by atoms with Gasteiger partial charge in [-0.25, -0.2) is 12.7 Å². The molecule has 0 bridgehead atoms. The number of rotatable bonds is 6. The number of phenols is 1. The second-order valence-electron chi connectivity index (χ2n) is 9.10. The topological polar surface area (TPSA) is 119 Å². The van der Waals surface area contributed by atoms with E-state index in [0.29, 0.717) is 17.8 Å². The smallest absolute Gasteiger partial charge is 0.253 e. The second-order valence-corrected chi connectivity index (χ2v) is 11.2. The molecule has 2 aromatic rings. The van der Waals surface area contributed by atoms with Gasteiger partial charge in [0.25, 0.3) is 5.91 Å². The number of amides is 2. The molecule has 1 saturated heterocycles. The normalized spacial score (nSPS) is 17.8. The van der Waals surface area contributed by atoms with Gasteiger partial charge in [-0.3, -0.25) is 14.6 Å². The van der Waals surface area contributed by atoms with Gasteiger partial charge in [0.15, 0.2) is 0 Å². The number of hydrogen-bond acceptors (Lipinski definition) is 6. The molecule has 0 aromatic heterocycles. The molecular weight excluding hydrogens is 468 g/mol. The Bertz CT molecular complexity index is 1300.